The van der Waals surface area contributed by atoms with Gasteiger partial charge < -0.3 is 9.84 Å². The molecule has 1 aliphatic rings. The topological polar surface area (TPSA) is 29.5 Å². The highest BCUT2D eigenvalue weighted by Crippen LogP contribution is 2.25. The predicted molar refractivity (Wildman–Crippen MR) is 79.8 cm³/mol. The van der Waals surface area contributed by atoms with Crippen LogP contribution in [-0.4, -0.2) is 5.11 Å². The Labute approximate surface area is 124 Å². The van der Waals surface area contributed by atoms with Crippen molar-refractivity contribution in [3.05, 3.63) is 64.5 Å². The maximum Gasteiger partial charge on any atom is 0.165 e. The number of benzene rings is 2. The molecular formula is C18H19FO2. The lowest BCUT2D eigenvalue weighted by Gasteiger charge is -2.11. The van der Waals surface area contributed by atoms with Crippen LogP contribution in [0.5, 0.6) is 5.75 Å². The average molecular weight is 286 g/mol. The summed E-state index contributed by atoms with van der Waals surface area (Å²) in [5.41, 5.74) is 4.43. The average Bonchev–Trinajstić information content (AvgIpc) is 2.93. The van der Waals surface area contributed by atoms with Crippen LogP contribution in [0.25, 0.3) is 0 Å². The summed E-state index contributed by atoms with van der Waals surface area (Å²) < 4.78 is 19.5. The summed E-state index contributed by atoms with van der Waals surface area (Å²) in [7, 11) is 0. The quantitative estimate of drug-likeness (QED) is 0.922. The van der Waals surface area contributed by atoms with Crippen molar-refractivity contribution in [2.45, 2.75) is 38.9 Å². The lowest BCUT2D eigenvalue weighted by molar-refractivity contribution is 0.198. The molecule has 1 atom stereocenters. The molecule has 3 heteroatoms. The number of aliphatic hydroxyl groups excluding tert-OH is 1. The number of hydrogen-bond acceptors (Lipinski definition) is 2. The Kier molecular flexibility index (Phi) is 3.93. The number of halogens is 1. The summed E-state index contributed by atoms with van der Waals surface area (Å²) in [6, 6.07) is 10.9. The Hall–Kier alpha value is -1.87. The van der Waals surface area contributed by atoms with Crippen molar-refractivity contribution in [2.75, 3.05) is 0 Å². The van der Waals surface area contributed by atoms with E-state index in [2.05, 4.69) is 12.1 Å². The van der Waals surface area contributed by atoms with Crippen LogP contribution in [0.1, 0.15) is 41.7 Å². The van der Waals surface area contributed by atoms with E-state index in [-0.39, 0.29) is 5.75 Å². The molecule has 3 rings (SSSR count). The minimum Gasteiger partial charge on any atom is -0.486 e. The van der Waals surface area contributed by atoms with Crippen molar-refractivity contribution in [1.82, 2.24) is 0 Å². The zero-order valence-corrected chi connectivity index (χ0v) is 12.1. The molecule has 0 saturated heterocycles. The maximum absolute atomic E-state index is 13.9. The molecule has 1 unspecified atom stereocenters. The van der Waals surface area contributed by atoms with E-state index in [1.807, 2.05) is 6.07 Å². The summed E-state index contributed by atoms with van der Waals surface area (Å²) in [6.07, 6.45) is 2.83. The molecule has 0 fully saturated rings. The second-order valence-electron chi connectivity index (χ2n) is 5.61. The van der Waals surface area contributed by atoms with E-state index in [0.717, 1.165) is 18.4 Å². The molecular weight excluding hydrogens is 267 g/mol. The molecule has 1 aliphatic carbocycles. The van der Waals surface area contributed by atoms with Crippen LogP contribution in [0.4, 0.5) is 4.39 Å². The molecule has 0 heterocycles. The van der Waals surface area contributed by atoms with Crippen LogP contribution < -0.4 is 4.74 Å². The summed E-state index contributed by atoms with van der Waals surface area (Å²) in [6.45, 7) is 1.97. The van der Waals surface area contributed by atoms with Gasteiger partial charge >= 0.3 is 0 Å². The number of aryl methyl sites for hydroxylation is 2. The van der Waals surface area contributed by atoms with Gasteiger partial charge in [-0.25, -0.2) is 4.39 Å². The van der Waals surface area contributed by atoms with Gasteiger partial charge in [-0.2, -0.15) is 0 Å². The fourth-order valence-corrected chi connectivity index (χ4v) is 2.77. The largest absolute Gasteiger partial charge is 0.486 e. The number of hydrogen-bond donors (Lipinski definition) is 1. The van der Waals surface area contributed by atoms with E-state index in [9.17, 15) is 9.50 Å². The van der Waals surface area contributed by atoms with Crippen LogP contribution in [0.15, 0.2) is 36.4 Å². The van der Waals surface area contributed by atoms with Gasteiger partial charge in [0.1, 0.15) is 6.61 Å². The smallest absolute Gasteiger partial charge is 0.165 e. The molecule has 0 radical (unpaired) electrons. The SMILES string of the molecule is CC(O)c1ccc(OCc2ccc3c(c2)CCC3)c(F)c1. The van der Waals surface area contributed by atoms with Crippen molar-refractivity contribution in [3.63, 3.8) is 0 Å². The third kappa shape index (κ3) is 3.08. The molecule has 2 aromatic rings. The van der Waals surface area contributed by atoms with Crippen LogP contribution in [0.3, 0.4) is 0 Å². The number of rotatable bonds is 4. The van der Waals surface area contributed by atoms with Gasteiger partial charge in [0.25, 0.3) is 0 Å². The first-order chi connectivity index (χ1) is 10.1. The van der Waals surface area contributed by atoms with Gasteiger partial charge in [-0.15, -0.1) is 0 Å². The van der Waals surface area contributed by atoms with Crippen molar-refractivity contribution in [2.24, 2.45) is 0 Å². The summed E-state index contributed by atoms with van der Waals surface area (Å²) in [5, 5.41) is 9.43. The van der Waals surface area contributed by atoms with E-state index in [0.29, 0.717) is 12.2 Å². The van der Waals surface area contributed by atoms with Gasteiger partial charge in [-0.1, -0.05) is 24.3 Å². The zero-order chi connectivity index (χ0) is 14.8. The van der Waals surface area contributed by atoms with Crippen LogP contribution >= 0.6 is 0 Å². The summed E-state index contributed by atoms with van der Waals surface area (Å²) in [5.74, 6) is -0.213. The molecule has 0 amide bonds. The molecule has 0 bridgehead atoms. The highest BCUT2D eigenvalue weighted by Gasteiger charge is 2.12. The van der Waals surface area contributed by atoms with Crippen LogP contribution in [0.2, 0.25) is 0 Å². The highest BCUT2D eigenvalue weighted by molar-refractivity contribution is 5.36. The molecule has 1 N–H and O–H groups in total. The third-order valence-corrected chi connectivity index (χ3v) is 4.00. The van der Waals surface area contributed by atoms with Gasteiger partial charge in [0.2, 0.25) is 0 Å². The van der Waals surface area contributed by atoms with Gasteiger partial charge in [0.05, 0.1) is 6.10 Å². The molecule has 2 aromatic carbocycles. The van der Waals surface area contributed by atoms with Gasteiger partial charge in [-0.3, -0.25) is 0 Å². The molecule has 0 aromatic heterocycles. The fourth-order valence-electron chi connectivity index (χ4n) is 2.77. The van der Waals surface area contributed by atoms with E-state index in [1.165, 1.54) is 23.6 Å². The van der Waals surface area contributed by atoms with Crippen molar-refractivity contribution >= 4 is 0 Å². The first-order valence-corrected chi connectivity index (χ1v) is 7.34. The standard InChI is InChI=1S/C18H19FO2/c1-12(20)15-7-8-18(17(19)10-15)21-11-13-5-6-14-3-2-4-16(14)9-13/h5-10,12,20H,2-4,11H2,1H3. The fraction of sp³-hybridized carbons (Fsp3) is 0.333. The highest BCUT2D eigenvalue weighted by atomic mass is 19.1. The zero-order valence-electron chi connectivity index (χ0n) is 12.1. The Morgan fingerprint density at radius 3 is 2.71 bits per heavy atom. The monoisotopic (exact) mass is 286 g/mol. The lowest BCUT2D eigenvalue weighted by atomic mass is 10.1. The predicted octanol–water partition coefficient (Wildman–Crippen LogP) is 3.95. The minimum atomic E-state index is -0.676. The second kappa shape index (κ2) is 5.86. The van der Waals surface area contributed by atoms with Gasteiger partial charge in [0, 0.05) is 0 Å². The molecule has 2 nitrogen and oxygen atoms in total. The molecule has 21 heavy (non-hydrogen) atoms. The number of aliphatic hydroxyl groups is 1. The van der Waals surface area contributed by atoms with E-state index < -0.39 is 11.9 Å². The minimum absolute atomic E-state index is 0.222. The van der Waals surface area contributed by atoms with E-state index in [1.54, 1.807) is 19.1 Å². The number of fused-ring (bicyclic) bond motifs is 1. The Balaban J connectivity index is 1.70. The Bertz CT molecular complexity index is 650. The Morgan fingerprint density at radius 2 is 1.95 bits per heavy atom. The summed E-state index contributed by atoms with van der Waals surface area (Å²) in [4.78, 5) is 0. The lowest BCUT2D eigenvalue weighted by Crippen LogP contribution is -2.00. The third-order valence-electron chi connectivity index (χ3n) is 4.00. The molecule has 110 valence electrons. The first kappa shape index (κ1) is 14.1. The second-order valence-corrected chi connectivity index (χ2v) is 5.61. The summed E-state index contributed by atoms with van der Waals surface area (Å²) >= 11 is 0. The van der Waals surface area contributed by atoms with Crippen molar-refractivity contribution < 1.29 is 14.2 Å². The van der Waals surface area contributed by atoms with E-state index >= 15 is 0 Å². The van der Waals surface area contributed by atoms with Crippen LogP contribution in [0, 0.1) is 5.82 Å². The van der Waals surface area contributed by atoms with Gasteiger partial charge in [-0.05, 0) is 60.6 Å². The normalized spacial score (nSPS) is 14.8. The maximum atomic E-state index is 13.9. The first-order valence-electron chi connectivity index (χ1n) is 7.34. The van der Waals surface area contributed by atoms with Crippen molar-refractivity contribution in [1.29, 1.82) is 0 Å². The number of ether oxygens (including phenoxy) is 1. The van der Waals surface area contributed by atoms with Crippen molar-refractivity contribution in [3.8, 4) is 5.75 Å². The molecule has 0 spiro atoms. The van der Waals surface area contributed by atoms with Gasteiger partial charge in [0.15, 0.2) is 11.6 Å². The Morgan fingerprint density at radius 1 is 1.14 bits per heavy atom. The van der Waals surface area contributed by atoms with E-state index in [4.69, 9.17) is 4.74 Å². The molecule has 0 aliphatic heterocycles. The van der Waals surface area contributed by atoms with Crippen LogP contribution in [-0.2, 0) is 19.4 Å². The molecule has 0 saturated carbocycles.